The highest BCUT2D eigenvalue weighted by atomic mass is 16.6. The number of aliphatic hydroxyl groups is 2. The van der Waals surface area contributed by atoms with Gasteiger partial charge in [-0.3, -0.25) is 4.79 Å². The molecule has 0 saturated carbocycles. The first kappa shape index (κ1) is 22.2. The number of esters is 2. The molecule has 3 heterocycles. The summed E-state index contributed by atoms with van der Waals surface area (Å²) in [5.41, 5.74) is -1.55. The van der Waals surface area contributed by atoms with Gasteiger partial charge in [-0.15, -0.1) is 0 Å². The third-order valence-electron chi connectivity index (χ3n) is 7.07. The Balaban J connectivity index is 1.95. The lowest BCUT2D eigenvalue weighted by molar-refractivity contribution is -0.169. The molecule has 3 fully saturated rings. The minimum atomic E-state index is -1.01. The van der Waals surface area contributed by atoms with Gasteiger partial charge in [0.1, 0.15) is 12.2 Å². The lowest BCUT2D eigenvalue weighted by Crippen LogP contribution is -2.46. The molecule has 0 aromatic heterocycles. The predicted octanol–water partition coefficient (Wildman–Crippen LogP) is 2.28. The van der Waals surface area contributed by atoms with Crippen LogP contribution >= 0.6 is 0 Å². The van der Waals surface area contributed by atoms with Crippen molar-refractivity contribution >= 4 is 11.9 Å². The van der Waals surface area contributed by atoms with Crippen molar-refractivity contribution in [1.29, 1.82) is 0 Å². The molecule has 3 saturated heterocycles. The molecule has 3 rings (SSSR count). The third-order valence-corrected chi connectivity index (χ3v) is 7.07. The number of carbonyl (C=O) groups is 2. The van der Waals surface area contributed by atoms with Crippen LogP contribution in [0, 0.1) is 11.8 Å². The van der Waals surface area contributed by atoms with Crippen LogP contribution in [-0.4, -0.2) is 57.8 Å². The van der Waals surface area contributed by atoms with E-state index in [4.69, 9.17) is 14.2 Å². The summed E-state index contributed by atoms with van der Waals surface area (Å²) in [5, 5.41) is 22.0. The topological polar surface area (TPSA) is 102 Å². The van der Waals surface area contributed by atoms with Crippen LogP contribution in [0.25, 0.3) is 0 Å². The molecule has 0 unspecified atom stereocenters. The van der Waals surface area contributed by atoms with E-state index in [9.17, 15) is 19.8 Å². The molecule has 29 heavy (non-hydrogen) atoms. The molecule has 0 aromatic rings. The maximum Gasteiger partial charge on any atom is 0.334 e. The Morgan fingerprint density at radius 1 is 1.28 bits per heavy atom. The first-order valence-corrected chi connectivity index (χ1v) is 10.6. The van der Waals surface area contributed by atoms with Crippen molar-refractivity contribution in [2.24, 2.45) is 11.8 Å². The van der Waals surface area contributed by atoms with Gasteiger partial charge in [-0.05, 0) is 51.9 Å². The fourth-order valence-corrected chi connectivity index (χ4v) is 5.04. The maximum absolute atomic E-state index is 12.3. The van der Waals surface area contributed by atoms with E-state index in [1.807, 2.05) is 13.8 Å². The number of rotatable bonds is 1. The Morgan fingerprint density at radius 3 is 2.62 bits per heavy atom. The Morgan fingerprint density at radius 2 is 1.97 bits per heavy atom. The SMILES string of the molecule is C=C1C(=O)O[C@H]2[C@@H](OC(C)=O)[C@@H](C)CCC[C@](C)(O)[C@@H]3CC[C@@](C)(O3)[C@@H](O)C[C@@H]12. The van der Waals surface area contributed by atoms with Crippen molar-refractivity contribution in [1.82, 2.24) is 0 Å². The summed E-state index contributed by atoms with van der Waals surface area (Å²) in [6, 6.07) is 0. The fourth-order valence-electron chi connectivity index (χ4n) is 5.04. The maximum atomic E-state index is 12.3. The Bertz CT molecular complexity index is 672. The van der Waals surface area contributed by atoms with E-state index in [2.05, 4.69) is 6.58 Å². The lowest BCUT2D eigenvalue weighted by Gasteiger charge is -2.36. The van der Waals surface area contributed by atoms with Crippen molar-refractivity contribution < 1.29 is 34.0 Å². The molecule has 0 aliphatic carbocycles. The zero-order chi connectivity index (χ0) is 21.6. The average Bonchev–Trinajstić information content (AvgIpc) is 3.16. The second kappa shape index (κ2) is 8.00. The van der Waals surface area contributed by atoms with Crippen LogP contribution in [-0.2, 0) is 23.8 Å². The van der Waals surface area contributed by atoms with Crippen molar-refractivity contribution in [2.75, 3.05) is 0 Å². The van der Waals surface area contributed by atoms with Crippen LogP contribution in [0.3, 0.4) is 0 Å². The Kier molecular flexibility index (Phi) is 6.14. The Hall–Kier alpha value is -1.44. The van der Waals surface area contributed by atoms with Gasteiger partial charge in [-0.1, -0.05) is 19.9 Å². The number of aliphatic hydroxyl groups excluding tert-OH is 1. The summed E-state index contributed by atoms with van der Waals surface area (Å²) in [4.78, 5) is 24.1. The van der Waals surface area contributed by atoms with Crippen molar-refractivity contribution in [3.8, 4) is 0 Å². The fraction of sp³-hybridized carbons (Fsp3) is 0.818. The molecule has 0 spiro atoms. The lowest BCUT2D eigenvalue weighted by atomic mass is 9.79. The Labute approximate surface area is 172 Å². The van der Waals surface area contributed by atoms with Gasteiger partial charge in [0, 0.05) is 18.4 Å². The largest absolute Gasteiger partial charge is 0.458 e. The van der Waals surface area contributed by atoms with Crippen molar-refractivity contribution in [2.45, 2.75) is 102 Å². The normalized spacial score (nSPS) is 46.1. The first-order chi connectivity index (χ1) is 13.4. The van der Waals surface area contributed by atoms with E-state index < -0.39 is 47.4 Å². The standard InChI is InChI=1S/C22H34O7/c1-12-7-6-9-21(4,26)17-8-10-22(5,29-17)16(24)11-15-13(2)20(25)28-19(15)18(12)27-14(3)23/h12,15-19,24,26H,2,6-11H2,1,3-5H3/t12-,15-,16-,17-,18-,19+,21-,22+/m0/s1. The molecule has 7 heteroatoms. The van der Waals surface area contributed by atoms with E-state index in [0.29, 0.717) is 37.7 Å². The molecule has 8 atom stereocenters. The predicted molar refractivity (Wildman–Crippen MR) is 105 cm³/mol. The van der Waals surface area contributed by atoms with Gasteiger partial charge in [-0.25, -0.2) is 4.79 Å². The van der Waals surface area contributed by atoms with Gasteiger partial charge in [0.25, 0.3) is 0 Å². The minimum Gasteiger partial charge on any atom is -0.458 e. The highest BCUT2D eigenvalue weighted by Crippen LogP contribution is 2.44. The second-order valence-electron chi connectivity index (χ2n) is 9.51. The zero-order valence-electron chi connectivity index (χ0n) is 17.8. The van der Waals surface area contributed by atoms with E-state index in [-0.39, 0.29) is 18.4 Å². The molecular weight excluding hydrogens is 376 g/mol. The van der Waals surface area contributed by atoms with Gasteiger partial charge in [0.2, 0.25) is 0 Å². The molecular formula is C22H34O7. The number of hydrogen-bond acceptors (Lipinski definition) is 7. The number of ether oxygens (including phenoxy) is 3. The molecule has 2 bridgehead atoms. The average molecular weight is 411 g/mol. The van der Waals surface area contributed by atoms with Crippen LogP contribution in [0.2, 0.25) is 0 Å². The van der Waals surface area contributed by atoms with E-state index in [0.717, 1.165) is 0 Å². The van der Waals surface area contributed by atoms with Crippen LogP contribution in [0.5, 0.6) is 0 Å². The smallest absolute Gasteiger partial charge is 0.334 e. The molecule has 0 aromatic carbocycles. The van der Waals surface area contributed by atoms with E-state index in [1.54, 1.807) is 6.92 Å². The highest BCUT2D eigenvalue weighted by molar-refractivity contribution is 5.91. The third kappa shape index (κ3) is 4.37. The number of fused-ring (bicyclic) bond motifs is 3. The number of hydrogen-bond donors (Lipinski definition) is 2. The van der Waals surface area contributed by atoms with Crippen molar-refractivity contribution in [3.05, 3.63) is 12.2 Å². The van der Waals surface area contributed by atoms with Crippen LogP contribution in [0.4, 0.5) is 0 Å². The monoisotopic (exact) mass is 410 g/mol. The molecule has 0 amide bonds. The van der Waals surface area contributed by atoms with E-state index >= 15 is 0 Å². The number of carbonyl (C=O) groups excluding carboxylic acids is 2. The van der Waals surface area contributed by atoms with Gasteiger partial charge >= 0.3 is 11.9 Å². The minimum absolute atomic E-state index is 0.0903. The van der Waals surface area contributed by atoms with Gasteiger partial charge < -0.3 is 24.4 Å². The second-order valence-corrected chi connectivity index (χ2v) is 9.51. The van der Waals surface area contributed by atoms with Crippen LogP contribution in [0.15, 0.2) is 12.2 Å². The summed E-state index contributed by atoms with van der Waals surface area (Å²) >= 11 is 0. The molecule has 0 radical (unpaired) electrons. The summed E-state index contributed by atoms with van der Waals surface area (Å²) in [5.74, 6) is -1.51. The summed E-state index contributed by atoms with van der Waals surface area (Å²) < 4.78 is 17.4. The highest BCUT2D eigenvalue weighted by Gasteiger charge is 2.52. The van der Waals surface area contributed by atoms with Gasteiger partial charge in [0.15, 0.2) is 0 Å². The molecule has 3 aliphatic rings. The van der Waals surface area contributed by atoms with Crippen LogP contribution < -0.4 is 0 Å². The summed E-state index contributed by atoms with van der Waals surface area (Å²) in [6.45, 7) is 10.8. The quantitative estimate of drug-likeness (QED) is 0.505. The molecule has 3 aliphatic heterocycles. The molecule has 2 N–H and O–H groups in total. The first-order valence-electron chi connectivity index (χ1n) is 10.6. The van der Waals surface area contributed by atoms with Gasteiger partial charge in [-0.2, -0.15) is 0 Å². The summed E-state index contributed by atoms with van der Waals surface area (Å²) in [6.07, 6.45) is 0.848. The van der Waals surface area contributed by atoms with E-state index in [1.165, 1.54) is 6.92 Å². The summed E-state index contributed by atoms with van der Waals surface area (Å²) in [7, 11) is 0. The van der Waals surface area contributed by atoms with Crippen LogP contribution in [0.1, 0.15) is 66.2 Å². The zero-order valence-corrected chi connectivity index (χ0v) is 17.8. The molecule has 7 nitrogen and oxygen atoms in total. The molecule has 164 valence electrons. The van der Waals surface area contributed by atoms with Gasteiger partial charge in [0.05, 0.1) is 23.4 Å². The van der Waals surface area contributed by atoms with Crippen molar-refractivity contribution in [3.63, 3.8) is 0 Å².